The first kappa shape index (κ1) is 13.6. The van der Waals surface area contributed by atoms with E-state index in [0.29, 0.717) is 13.0 Å². The summed E-state index contributed by atoms with van der Waals surface area (Å²) in [5.74, 6) is 0.222. The summed E-state index contributed by atoms with van der Waals surface area (Å²) in [4.78, 5) is 17.9. The molecular formula is C17H19N3O. The van der Waals surface area contributed by atoms with Crippen LogP contribution in [-0.2, 0) is 11.3 Å². The van der Waals surface area contributed by atoms with Crippen LogP contribution in [0.2, 0.25) is 0 Å². The number of anilines is 2. The van der Waals surface area contributed by atoms with Gasteiger partial charge in [-0.25, -0.2) is 0 Å². The molecule has 108 valence electrons. The van der Waals surface area contributed by atoms with Gasteiger partial charge in [-0.1, -0.05) is 6.07 Å². The highest BCUT2D eigenvalue weighted by Gasteiger charge is 2.21. The number of aryl methyl sites for hydroxylation is 1. The Morgan fingerprint density at radius 2 is 2.00 bits per heavy atom. The number of aromatic nitrogens is 1. The first-order valence-corrected chi connectivity index (χ1v) is 7.28. The molecule has 21 heavy (non-hydrogen) atoms. The molecule has 0 bridgehead atoms. The number of hydrogen-bond acceptors (Lipinski definition) is 3. The number of benzene rings is 1. The molecule has 2 aromatic rings. The van der Waals surface area contributed by atoms with E-state index < -0.39 is 0 Å². The minimum atomic E-state index is 0.222. The molecule has 1 aromatic carbocycles. The first-order valence-electron chi connectivity index (χ1n) is 7.28. The Morgan fingerprint density at radius 1 is 1.19 bits per heavy atom. The van der Waals surface area contributed by atoms with Crippen LogP contribution in [0.25, 0.3) is 0 Å². The van der Waals surface area contributed by atoms with E-state index in [1.54, 1.807) is 0 Å². The second-order valence-corrected chi connectivity index (χ2v) is 5.38. The minimum absolute atomic E-state index is 0.222. The number of amides is 1. The van der Waals surface area contributed by atoms with E-state index in [1.165, 1.54) is 5.56 Å². The van der Waals surface area contributed by atoms with E-state index in [4.69, 9.17) is 0 Å². The molecule has 1 amide bonds. The van der Waals surface area contributed by atoms with Crippen LogP contribution in [-0.4, -0.2) is 17.4 Å². The van der Waals surface area contributed by atoms with Crippen molar-refractivity contribution in [2.24, 2.45) is 0 Å². The van der Waals surface area contributed by atoms with E-state index in [9.17, 15) is 4.79 Å². The van der Waals surface area contributed by atoms with Gasteiger partial charge in [0.1, 0.15) is 0 Å². The third-order valence-corrected chi connectivity index (χ3v) is 3.70. The Balaban J connectivity index is 1.62. The smallest absolute Gasteiger partial charge is 0.227 e. The topological polar surface area (TPSA) is 45.2 Å². The van der Waals surface area contributed by atoms with Crippen molar-refractivity contribution in [1.29, 1.82) is 0 Å². The zero-order chi connectivity index (χ0) is 14.7. The molecule has 4 nitrogen and oxygen atoms in total. The van der Waals surface area contributed by atoms with Gasteiger partial charge in [-0.15, -0.1) is 0 Å². The summed E-state index contributed by atoms with van der Waals surface area (Å²) in [5.41, 5.74) is 4.20. The van der Waals surface area contributed by atoms with E-state index in [-0.39, 0.29) is 5.91 Å². The average Bonchev–Trinajstić information content (AvgIpc) is 2.93. The van der Waals surface area contributed by atoms with Gasteiger partial charge in [0.15, 0.2) is 0 Å². The predicted octanol–water partition coefficient (Wildman–Crippen LogP) is 3.13. The molecule has 1 fully saturated rings. The third kappa shape index (κ3) is 3.21. The molecule has 1 aliphatic heterocycles. The average molecular weight is 281 g/mol. The van der Waals surface area contributed by atoms with Crippen molar-refractivity contribution in [2.45, 2.75) is 26.3 Å². The Kier molecular flexibility index (Phi) is 3.86. The van der Waals surface area contributed by atoms with Crippen LogP contribution >= 0.6 is 0 Å². The first-order chi connectivity index (χ1) is 10.2. The van der Waals surface area contributed by atoms with Crippen LogP contribution in [0.1, 0.15) is 24.1 Å². The molecule has 3 rings (SSSR count). The fraction of sp³-hybridized carbons (Fsp3) is 0.294. The second kappa shape index (κ2) is 5.95. The summed E-state index contributed by atoms with van der Waals surface area (Å²) in [5, 5.41) is 3.34. The lowest BCUT2D eigenvalue weighted by atomic mass is 10.2. The molecule has 0 saturated carbocycles. The maximum atomic E-state index is 11.7. The predicted molar refractivity (Wildman–Crippen MR) is 84.3 cm³/mol. The molecule has 0 atom stereocenters. The number of nitrogens with one attached hydrogen (secondary N) is 1. The molecule has 1 saturated heterocycles. The van der Waals surface area contributed by atoms with Crippen molar-refractivity contribution in [3.63, 3.8) is 0 Å². The maximum Gasteiger partial charge on any atom is 0.227 e. The normalized spacial score (nSPS) is 14.5. The van der Waals surface area contributed by atoms with Crippen LogP contribution in [0.4, 0.5) is 11.4 Å². The highest BCUT2D eigenvalue weighted by molar-refractivity contribution is 5.95. The summed E-state index contributed by atoms with van der Waals surface area (Å²) in [7, 11) is 0. The number of nitrogens with zero attached hydrogens (tertiary/aromatic N) is 2. The standard InChI is InChI=1S/C17H19N3O/c1-13-4-5-15(18-11-13)12-19-14-6-8-16(9-7-14)20-10-2-3-17(20)21/h4-9,11,19H,2-3,10,12H2,1H3. The lowest BCUT2D eigenvalue weighted by molar-refractivity contribution is -0.117. The maximum absolute atomic E-state index is 11.7. The summed E-state index contributed by atoms with van der Waals surface area (Å²) in [6, 6.07) is 12.1. The van der Waals surface area contributed by atoms with Crippen molar-refractivity contribution < 1.29 is 4.79 Å². The molecule has 1 aromatic heterocycles. The largest absolute Gasteiger partial charge is 0.379 e. The van der Waals surface area contributed by atoms with Gasteiger partial charge in [-0.3, -0.25) is 9.78 Å². The van der Waals surface area contributed by atoms with E-state index >= 15 is 0 Å². The fourth-order valence-corrected chi connectivity index (χ4v) is 2.48. The highest BCUT2D eigenvalue weighted by atomic mass is 16.2. The molecule has 0 aliphatic carbocycles. The third-order valence-electron chi connectivity index (χ3n) is 3.70. The number of carbonyl (C=O) groups excluding carboxylic acids is 1. The van der Waals surface area contributed by atoms with Crippen molar-refractivity contribution >= 4 is 17.3 Å². The van der Waals surface area contributed by atoms with Crippen LogP contribution in [0.3, 0.4) is 0 Å². The Morgan fingerprint density at radius 3 is 2.62 bits per heavy atom. The van der Waals surface area contributed by atoms with Crippen molar-refractivity contribution in [1.82, 2.24) is 4.98 Å². The Bertz CT molecular complexity index is 619. The van der Waals surface area contributed by atoms with Gasteiger partial charge >= 0.3 is 0 Å². The van der Waals surface area contributed by atoms with Crippen LogP contribution < -0.4 is 10.2 Å². The Hall–Kier alpha value is -2.36. The number of rotatable bonds is 4. The lowest BCUT2D eigenvalue weighted by Crippen LogP contribution is -2.23. The van der Waals surface area contributed by atoms with Gasteiger partial charge in [0.25, 0.3) is 0 Å². The van der Waals surface area contributed by atoms with Crippen molar-refractivity contribution in [2.75, 3.05) is 16.8 Å². The second-order valence-electron chi connectivity index (χ2n) is 5.38. The van der Waals surface area contributed by atoms with Crippen LogP contribution in [0.5, 0.6) is 0 Å². The van der Waals surface area contributed by atoms with Gasteiger partial charge in [0.2, 0.25) is 5.91 Å². The summed E-state index contributed by atoms with van der Waals surface area (Å²) >= 11 is 0. The van der Waals surface area contributed by atoms with E-state index in [0.717, 1.165) is 30.0 Å². The summed E-state index contributed by atoms with van der Waals surface area (Å²) in [6.07, 6.45) is 3.50. The fourth-order valence-electron chi connectivity index (χ4n) is 2.48. The molecule has 0 unspecified atom stereocenters. The van der Waals surface area contributed by atoms with Crippen LogP contribution in [0.15, 0.2) is 42.6 Å². The van der Waals surface area contributed by atoms with Crippen LogP contribution in [0, 0.1) is 6.92 Å². The lowest BCUT2D eigenvalue weighted by Gasteiger charge is -2.16. The molecule has 0 radical (unpaired) electrons. The van der Waals surface area contributed by atoms with Gasteiger partial charge in [-0.05, 0) is 49.2 Å². The molecule has 1 N–H and O–H groups in total. The van der Waals surface area contributed by atoms with Gasteiger partial charge in [0, 0.05) is 30.5 Å². The molecule has 1 aliphatic rings. The summed E-state index contributed by atoms with van der Waals surface area (Å²) in [6.45, 7) is 3.56. The SMILES string of the molecule is Cc1ccc(CNc2ccc(N3CCCC3=O)cc2)nc1. The molecule has 0 spiro atoms. The van der Waals surface area contributed by atoms with Gasteiger partial charge in [0.05, 0.1) is 12.2 Å². The zero-order valence-electron chi connectivity index (χ0n) is 12.2. The van der Waals surface area contributed by atoms with Gasteiger partial charge < -0.3 is 10.2 Å². The summed E-state index contributed by atoms with van der Waals surface area (Å²) < 4.78 is 0. The van der Waals surface area contributed by atoms with E-state index in [1.807, 2.05) is 48.4 Å². The minimum Gasteiger partial charge on any atom is -0.379 e. The van der Waals surface area contributed by atoms with E-state index in [2.05, 4.69) is 16.4 Å². The number of carbonyl (C=O) groups is 1. The quantitative estimate of drug-likeness (QED) is 0.936. The van der Waals surface area contributed by atoms with Gasteiger partial charge in [-0.2, -0.15) is 0 Å². The molecule has 4 heteroatoms. The van der Waals surface area contributed by atoms with Crippen molar-refractivity contribution in [3.05, 3.63) is 53.9 Å². The zero-order valence-corrected chi connectivity index (χ0v) is 12.2. The van der Waals surface area contributed by atoms with Crippen molar-refractivity contribution in [3.8, 4) is 0 Å². The monoisotopic (exact) mass is 281 g/mol. The molecular weight excluding hydrogens is 262 g/mol. The number of hydrogen-bond donors (Lipinski definition) is 1. The highest BCUT2D eigenvalue weighted by Crippen LogP contribution is 2.23. The number of pyridine rings is 1. The Labute approximate surface area is 124 Å². The molecule has 2 heterocycles.